The van der Waals surface area contributed by atoms with Gasteiger partial charge in [0.05, 0.1) is 18.1 Å². The van der Waals surface area contributed by atoms with E-state index in [9.17, 15) is 14.4 Å². The Morgan fingerprint density at radius 2 is 1.76 bits per heavy atom. The quantitative estimate of drug-likeness (QED) is 0.776. The second-order valence-electron chi connectivity index (χ2n) is 4.97. The largest absolute Gasteiger partial charge is 0.332 e. The number of hydrogen-bond donors (Lipinski definition) is 0. The van der Waals surface area contributed by atoms with Crippen LogP contribution in [0, 0.1) is 0 Å². The molecule has 21 heavy (non-hydrogen) atoms. The topological polar surface area (TPSA) is 57.7 Å². The zero-order valence-electron chi connectivity index (χ0n) is 11.8. The summed E-state index contributed by atoms with van der Waals surface area (Å²) in [4.78, 5) is 39.0. The highest BCUT2D eigenvalue weighted by molar-refractivity contribution is 6.34. The first-order chi connectivity index (χ1) is 10.0. The van der Waals surface area contributed by atoms with Crippen LogP contribution in [0.4, 0.5) is 0 Å². The second kappa shape index (κ2) is 6.72. The molecule has 112 valence electrons. The molecule has 0 radical (unpaired) electrons. The highest BCUT2D eigenvalue weighted by atomic mass is 35.5. The highest BCUT2D eigenvalue weighted by Crippen LogP contribution is 2.16. The van der Waals surface area contributed by atoms with Crippen molar-refractivity contribution in [1.82, 2.24) is 9.80 Å². The molecule has 1 aliphatic rings. The Balaban J connectivity index is 2.04. The third-order valence-corrected chi connectivity index (χ3v) is 3.69. The van der Waals surface area contributed by atoms with Gasteiger partial charge in [-0.2, -0.15) is 0 Å². The summed E-state index contributed by atoms with van der Waals surface area (Å²) in [5.41, 5.74) is 0.371. The number of carbonyl (C=O) groups excluding carboxylic acids is 3. The van der Waals surface area contributed by atoms with E-state index in [2.05, 4.69) is 0 Å². The molecule has 1 fully saturated rings. The van der Waals surface area contributed by atoms with Gasteiger partial charge in [-0.25, -0.2) is 0 Å². The number of piperazine rings is 1. The molecule has 0 unspecified atom stereocenters. The van der Waals surface area contributed by atoms with Crippen LogP contribution in [0.2, 0.25) is 5.02 Å². The SMILES string of the molecule is CCCN1CC(=O)N(CC(=O)c2ccccc2Cl)CC1=O. The number of halogens is 1. The van der Waals surface area contributed by atoms with E-state index in [0.717, 1.165) is 6.42 Å². The number of hydrogen-bond acceptors (Lipinski definition) is 3. The van der Waals surface area contributed by atoms with Crippen molar-refractivity contribution in [2.24, 2.45) is 0 Å². The molecule has 2 rings (SSSR count). The minimum Gasteiger partial charge on any atom is -0.332 e. The van der Waals surface area contributed by atoms with Gasteiger partial charge in [-0.1, -0.05) is 30.7 Å². The lowest BCUT2D eigenvalue weighted by molar-refractivity contribution is -0.149. The maximum Gasteiger partial charge on any atom is 0.243 e. The van der Waals surface area contributed by atoms with E-state index in [-0.39, 0.29) is 37.2 Å². The van der Waals surface area contributed by atoms with Crippen LogP contribution in [0.1, 0.15) is 23.7 Å². The van der Waals surface area contributed by atoms with Crippen molar-refractivity contribution in [2.75, 3.05) is 26.2 Å². The molecule has 1 aromatic carbocycles. The van der Waals surface area contributed by atoms with Gasteiger partial charge < -0.3 is 9.80 Å². The monoisotopic (exact) mass is 308 g/mol. The summed E-state index contributed by atoms with van der Waals surface area (Å²) in [6.07, 6.45) is 0.803. The standard InChI is InChI=1S/C15H17ClN2O3/c1-2-7-17-9-15(21)18(10-14(17)20)8-13(19)11-5-3-4-6-12(11)16/h3-6H,2,7-10H2,1H3. The van der Waals surface area contributed by atoms with E-state index in [1.54, 1.807) is 24.3 Å². The van der Waals surface area contributed by atoms with Crippen LogP contribution in [0.5, 0.6) is 0 Å². The minimum atomic E-state index is -0.259. The summed E-state index contributed by atoms with van der Waals surface area (Å²) in [5, 5.41) is 0.353. The van der Waals surface area contributed by atoms with E-state index in [1.807, 2.05) is 6.92 Å². The van der Waals surface area contributed by atoms with Gasteiger partial charge in [0.1, 0.15) is 6.54 Å². The molecule has 6 heteroatoms. The number of benzene rings is 1. The summed E-state index contributed by atoms with van der Waals surface area (Å²) in [6.45, 7) is 2.40. The molecule has 0 bridgehead atoms. The average Bonchev–Trinajstić information content (AvgIpc) is 2.45. The van der Waals surface area contributed by atoms with Crippen LogP contribution < -0.4 is 0 Å². The molecular formula is C15H17ClN2O3. The molecule has 1 aromatic rings. The molecule has 0 N–H and O–H groups in total. The lowest BCUT2D eigenvalue weighted by Gasteiger charge is -2.33. The Morgan fingerprint density at radius 3 is 2.43 bits per heavy atom. The van der Waals surface area contributed by atoms with Crippen molar-refractivity contribution in [3.05, 3.63) is 34.9 Å². The van der Waals surface area contributed by atoms with Crippen molar-refractivity contribution >= 4 is 29.2 Å². The zero-order valence-corrected chi connectivity index (χ0v) is 12.6. The molecule has 1 aliphatic heterocycles. The number of Topliss-reactive ketones (excluding diaryl/α,β-unsaturated/α-hetero) is 1. The lowest BCUT2D eigenvalue weighted by atomic mass is 10.1. The van der Waals surface area contributed by atoms with Gasteiger partial charge in [0, 0.05) is 12.1 Å². The van der Waals surface area contributed by atoms with Crippen molar-refractivity contribution in [1.29, 1.82) is 0 Å². The van der Waals surface area contributed by atoms with Crippen LogP contribution in [0.15, 0.2) is 24.3 Å². The first kappa shape index (κ1) is 15.5. The average molecular weight is 309 g/mol. The summed E-state index contributed by atoms with van der Waals surface area (Å²) in [7, 11) is 0. The second-order valence-corrected chi connectivity index (χ2v) is 5.38. The zero-order chi connectivity index (χ0) is 15.4. The first-order valence-electron chi connectivity index (χ1n) is 6.86. The summed E-state index contributed by atoms with van der Waals surface area (Å²) in [6, 6.07) is 6.69. The maximum atomic E-state index is 12.2. The smallest absolute Gasteiger partial charge is 0.243 e. The van der Waals surface area contributed by atoms with E-state index < -0.39 is 0 Å². The van der Waals surface area contributed by atoms with Crippen LogP contribution in [0.25, 0.3) is 0 Å². The minimum absolute atomic E-state index is 0.0441. The molecule has 1 saturated heterocycles. The third-order valence-electron chi connectivity index (χ3n) is 3.36. The molecule has 0 spiro atoms. The van der Waals surface area contributed by atoms with Crippen LogP contribution in [-0.4, -0.2) is 53.6 Å². The summed E-state index contributed by atoms with van der Waals surface area (Å²) >= 11 is 5.97. The Morgan fingerprint density at radius 1 is 1.14 bits per heavy atom. The van der Waals surface area contributed by atoms with Gasteiger partial charge in [0.15, 0.2) is 5.78 Å². The summed E-state index contributed by atoms with van der Waals surface area (Å²) < 4.78 is 0. The molecule has 0 saturated carbocycles. The maximum absolute atomic E-state index is 12.2. The van der Waals surface area contributed by atoms with Gasteiger partial charge in [0.25, 0.3) is 0 Å². The number of carbonyl (C=O) groups is 3. The molecule has 5 nitrogen and oxygen atoms in total. The van der Waals surface area contributed by atoms with Crippen molar-refractivity contribution < 1.29 is 14.4 Å². The molecule has 0 aromatic heterocycles. The Bertz CT molecular complexity index is 574. The molecule has 0 aliphatic carbocycles. The predicted octanol–water partition coefficient (Wildman–Crippen LogP) is 1.60. The fraction of sp³-hybridized carbons (Fsp3) is 0.400. The van der Waals surface area contributed by atoms with Gasteiger partial charge in [-0.3, -0.25) is 14.4 Å². The molecule has 1 heterocycles. The van der Waals surface area contributed by atoms with E-state index in [1.165, 1.54) is 9.80 Å². The van der Waals surface area contributed by atoms with Gasteiger partial charge in [-0.05, 0) is 18.6 Å². The third kappa shape index (κ3) is 3.61. The highest BCUT2D eigenvalue weighted by Gasteiger charge is 2.30. The van der Waals surface area contributed by atoms with Gasteiger partial charge in [-0.15, -0.1) is 0 Å². The fourth-order valence-corrected chi connectivity index (χ4v) is 2.51. The first-order valence-corrected chi connectivity index (χ1v) is 7.24. The van der Waals surface area contributed by atoms with E-state index >= 15 is 0 Å². The number of nitrogens with zero attached hydrogens (tertiary/aromatic N) is 2. The van der Waals surface area contributed by atoms with E-state index in [0.29, 0.717) is 17.1 Å². The Labute approximate surface area is 128 Å². The Hall–Kier alpha value is -1.88. The van der Waals surface area contributed by atoms with Gasteiger partial charge >= 0.3 is 0 Å². The van der Waals surface area contributed by atoms with Crippen LogP contribution >= 0.6 is 11.6 Å². The molecule has 0 atom stereocenters. The van der Waals surface area contributed by atoms with Crippen LogP contribution in [-0.2, 0) is 9.59 Å². The van der Waals surface area contributed by atoms with Crippen molar-refractivity contribution in [3.8, 4) is 0 Å². The number of amides is 2. The number of ketones is 1. The fourth-order valence-electron chi connectivity index (χ4n) is 2.27. The van der Waals surface area contributed by atoms with Crippen molar-refractivity contribution in [2.45, 2.75) is 13.3 Å². The molecular weight excluding hydrogens is 292 g/mol. The number of rotatable bonds is 5. The Kier molecular flexibility index (Phi) is 4.96. The molecule has 2 amide bonds. The van der Waals surface area contributed by atoms with Crippen LogP contribution in [0.3, 0.4) is 0 Å². The summed E-state index contributed by atoms with van der Waals surface area (Å²) in [5.74, 6) is -0.586. The van der Waals surface area contributed by atoms with Gasteiger partial charge in [0.2, 0.25) is 11.8 Å². The lowest BCUT2D eigenvalue weighted by Crippen LogP contribution is -2.54. The predicted molar refractivity (Wildman–Crippen MR) is 79.2 cm³/mol. The normalized spacial score (nSPS) is 15.5. The van der Waals surface area contributed by atoms with E-state index in [4.69, 9.17) is 11.6 Å². The van der Waals surface area contributed by atoms with Crippen molar-refractivity contribution in [3.63, 3.8) is 0 Å².